The van der Waals surface area contributed by atoms with Crippen LogP contribution in [0.2, 0.25) is 0 Å². The molecule has 0 fully saturated rings. The molecule has 0 radical (unpaired) electrons. The molecule has 0 spiro atoms. The van der Waals surface area contributed by atoms with Gasteiger partial charge in [-0.3, -0.25) is 14.2 Å². The van der Waals surface area contributed by atoms with Crippen molar-refractivity contribution in [2.75, 3.05) is 47.5 Å². The van der Waals surface area contributed by atoms with Crippen LogP contribution in [0.15, 0.2) is 24.3 Å². The van der Waals surface area contributed by atoms with E-state index in [2.05, 4.69) is 38.2 Å². The fraction of sp³-hybridized carbons (Fsp3) is 0.889. The standard InChI is InChI=1S/C54H104NO8P/c1-6-8-10-12-14-16-18-20-22-24-25-26-27-28-29-31-32-34-36-38-40-42-44-46-53(56)60-50-52(51-62-64(58,59)61-49-48-55(3,4)5)63-54(57)47-45-43-41-39-37-35-33-30-23-21-19-17-15-13-11-9-7-2/h33,35,39,41,52H,6-32,34,36-38,40,42-51H2,1-5H3/b35-33+,41-39+/t52-/m0/s1. The second kappa shape index (κ2) is 46.6. The number of phosphoric ester groups is 1. The van der Waals surface area contributed by atoms with E-state index in [1.807, 2.05) is 21.1 Å². The number of carbonyl (C=O) groups is 2. The SMILES string of the molecule is CCCCCCCCCCC/C=C/C/C=C/CCCC(=O)O[C@@H](COC(=O)CCCCCCCCCCCCCCCCCCCCCCCCC)COP(=O)([O-])OCC[N+](C)(C)C. The van der Waals surface area contributed by atoms with E-state index in [1.54, 1.807) is 0 Å². The first-order valence-electron chi connectivity index (χ1n) is 27.0. The van der Waals surface area contributed by atoms with Crippen molar-refractivity contribution in [1.82, 2.24) is 0 Å². The molecule has 0 aromatic heterocycles. The van der Waals surface area contributed by atoms with E-state index < -0.39 is 26.5 Å². The number of hydrogen-bond donors (Lipinski definition) is 0. The number of allylic oxidation sites excluding steroid dienone is 4. The smallest absolute Gasteiger partial charge is 0.306 e. The van der Waals surface area contributed by atoms with Gasteiger partial charge in [0.05, 0.1) is 27.7 Å². The van der Waals surface area contributed by atoms with Gasteiger partial charge in [-0.15, -0.1) is 0 Å². The molecule has 0 aliphatic rings. The monoisotopic (exact) mass is 926 g/mol. The number of phosphoric acid groups is 1. The van der Waals surface area contributed by atoms with Crippen molar-refractivity contribution in [2.24, 2.45) is 0 Å². The molecule has 9 nitrogen and oxygen atoms in total. The van der Waals surface area contributed by atoms with Crippen LogP contribution in [0.5, 0.6) is 0 Å². The maximum atomic E-state index is 12.7. The highest BCUT2D eigenvalue weighted by Gasteiger charge is 2.21. The Kier molecular flexibility index (Phi) is 45.5. The molecule has 0 aliphatic heterocycles. The summed E-state index contributed by atoms with van der Waals surface area (Å²) in [6.07, 6.45) is 53.7. The summed E-state index contributed by atoms with van der Waals surface area (Å²) in [6.45, 7) is 4.23. The highest BCUT2D eigenvalue weighted by molar-refractivity contribution is 7.45. The Morgan fingerprint density at radius 3 is 1.28 bits per heavy atom. The van der Waals surface area contributed by atoms with E-state index in [-0.39, 0.29) is 32.0 Å². The van der Waals surface area contributed by atoms with E-state index in [0.29, 0.717) is 17.4 Å². The minimum absolute atomic E-state index is 0.0358. The van der Waals surface area contributed by atoms with Crippen LogP contribution < -0.4 is 4.89 Å². The van der Waals surface area contributed by atoms with Gasteiger partial charge in [0.25, 0.3) is 7.82 Å². The second-order valence-electron chi connectivity index (χ2n) is 19.6. The molecule has 0 N–H and O–H groups in total. The Morgan fingerprint density at radius 2 is 0.859 bits per heavy atom. The third-order valence-electron chi connectivity index (χ3n) is 12.0. The van der Waals surface area contributed by atoms with E-state index in [1.165, 1.54) is 186 Å². The molecule has 10 heteroatoms. The van der Waals surface area contributed by atoms with Crippen molar-refractivity contribution in [3.8, 4) is 0 Å². The van der Waals surface area contributed by atoms with Crippen LogP contribution in [0.3, 0.4) is 0 Å². The molecule has 2 atom stereocenters. The average Bonchev–Trinajstić information content (AvgIpc) is 3.25. The van der Waals surface area contributed by atoms with Crippen molar-refractivity contribution in [3.05, 3.63) is 24.3 Å². The van der Waals surface area contributed by atoms with Crippen LogP contribution in [0.1, 0.15) is 258 Å². The van der Waals surface area contributed by atoms with Gasteiger partial charge in [0.1, 0.15) is 19.8 Å². The van der Waals surface area contributed by atoms with Crippen molar-refractivity contribution in [3.63, 3.8) is 0 Å². The summed E-state index contributed by atoms with van der Waals surface area (Å²) in [5.41, 5.74) is 0. The summed E-state index contributed by atoms with van der Waals surface area (Å²) in [4.78, 5) is 37.7. The molecule has 0 amide bonds. The Labute approximate surface area is 396 Å². The summed E-state index contributed by atoms with van der Waals surface area (Å²) < 4.78 is 34.0. The molecule has 0 bridgehead atoms. The average molecular weight is 926 g/mol. The first kappa shape index (κ1) is 62.5. The van der Waals surface area contributed by atoms with E-state index in [0.717, 1.165) is 38.5 Å². The second-order valence-corrected chi connectivity index (χ2v) is 21.0. The van der Waals surface area contributed by atoms with E-state index in [9.17, 15) is 19.0 Å². The molecule has 0 rings (SSSR count). The van der Waals surface area contributed by atoms with Crippen molar-refractivity contribution < 1.29 is 42.1 Å². The Balaban J connectivity index is 4.20. The molecule has 0 aromatic carbocycles. The third kappa shape index (κ3) is 49.9. The molecule has 64 heavy (non-hydrogen) atoms. The molecule has 0 aliphatic carbocycles. The first-order valence-corrected chi connectivity index (χ1v) is 28.5. The number of ether oxygens (including phenoxy) is 2. The largest absolute Gasteiger partial charge is 0.756 e. The van der Waals surface area contributed by atoms with Gasteiger partial charge in [0, 0.05) is 12.8 Å². The van der Waals surface area contributed by atoms with Gasteiger partial charge < -0.3 is 27.9 Å². The quantitative estimate of drug-likeness (QED) is 0.0195. The fourth-order valence-corrected chi connectivity index (χ4v) is 8.48. The summed E-state index contributed by atoms with van der Waals surface area (Å²) in [5.74, 6) is -0.873. The predicted octanol–water partition coefficient (Wildman–Crippen LogP) is 15.6. The number of likely N-dealkylation sites (N-methyl/N-ethyl adjacent to an activating group) is 1. The normalized spacial score (nSPS) is 13.5. The van der Waals surface area contributed by atoms with Gasteiger partial charge in [0.15, 0.2) is 6.10 Å². The summed E-state index contributed by atoms with van der Waals surface area (Å²) in [5, 5.41) is 0. The van der Waals surface area contributed by atoms with Crippen LogP contribution >= 0.6 is 7.82 Å². The van der Waals surface area contributed by atoms with Crippen molar-refractivity contribution >= 4 is 19.8 Å². The zero-order valence-electron chi connectivity index (χ0n) is 42.7. The van der Waals surface area contributed by atoms with Crippen LogP contribution in [0, 0.1) is 0 Å². The maximum absolute atomic E-state index is 12.7. The van der Waals surface area contributed by atoms with Crippen LogP contribution in [-0.4, -0.2) is 70.0 Å². The molecule has 1 unspecified atom stereocenters. The lowest BCUT2D eigenvalue weighted by Gasteiger charge is -2.28. The highest BCUT2D eigenvalue weighted by Crippen LogP contribution is 2.38. The maximum Gasteiger partial charge on any atom is 0.306 e. The number of quaternary nitrogens is 1. The van der Waals surface area contributed by atoms with Crippen LogP contribution in [0.4, 0.5) is 0 Å². The number of esters is 2. The number of carbonyl (C=O) groups excluding carboxylic acids is 2. The van der Waals surface area contributed by atoms with Crippen molar-refractivity contribution in [1.29, 1.82) is 0 Å². The highest BCUT2D eigenvalue weighted by atomic mass is 31.2. The van der Waals surface area contributed by atoms with Gasteiger partial charge in [-0.1, -0.05) is 231 Å². The Bertz CT molecular complexity index is 1140. The number of unbranched alkanes of at least 4 members (excludes halogenated alkanes) is 32. The summed E-state index contributed by atoms with van der Waals surface area (Å²) >= 11 is 0. The molecule has 0 saturated carbocycles. The fourth-order valence-electron chi connectivity index (χ4n) is 7.76. The van der Waals surface area contributed by atoms with E-state index in [4.69, 9.17) is 18.5 Å². The van der Waals surface area contributed by atoms with Gasteiger partial charge in [-0.05, 0) is 38.5 Å². The third-order valence-corrected chi connectivity index (χ3v) is 12.9. The van der Waals surface area contributed by atoms with Crippen LogP contribution in [0.25, 0.3) is 0 Å². The summed E-state index contributed by atoms with van der Waals surface area (Å²) in [7, 11) is 1.15. The van der Waals surface area contributed by atoms with Gasteiger partial charge in [0.2, 0.25) is 0 Å². The lowest BCUT2D eigenvalue weighted by Crippen LogP contribution is -2.37. The topological polar surface area (TPSA) is 111 Å². The lowest BCUT2D eigenvalue weighted by atomic mass is 10.0. The molecule has 0 aromatic rings. The molecule has 378 valence electrons. The van der Waals surface area contributed by atoms with Crippen molar-refractivity contribution in [2.45, 2.75) is 264 Å². The van der Waals surface area contributed by atoms with Gasteiger partial charge in [-0.25, -0.2) is 0 Å². The minimum atomic E-state index is -4.64. The van der Waals surface area contributed by atoms with Gasteiger partial charge in [-0.2, -0.15) is 0 Å². The lowest BCUT2D eigenvalue weighted by molar-refractivity contribution is -0.870. The number of nitrogens with zero attached hydrogens (tertiary/aromatic N) is 1. The molecule has 0 saturated heterocycles. The van der Waals surface area contributed by atoms with Crippen LogP contribution in [-0.2, 0) is 32.7 Å². The molecular weight excluding hydrogens is 822 g/mol. The Morgan fingerprint density at radius 1 is 0.484 bits per heavy atom. The van der Waals surface area contributed by atoms with E-state index >= 15 is 0 Å². The minimum Gasteiger partial charge on any atom is -0.756 e. The first-order chi connectivity index (χ1) is 31.0. The Hall–Kier alpha value is -1.51. The zero-order chi connectivity index (χ0) is 47.1. The van der Waals surface area contributed by atoms with Gasteiger partial charge >= 0.3 is 11.9 Å². The number of rotatable bonds is 50. The summed E-state index contributed by atoms with van der Waals surface area (Å²) in [6, 6.07) is 0. The zero-order valence-corrected chi connectivity index (χ0v) is 43.6. The molecular formula is C54H104NO8P. The molecule has 0 heterocycles. The predicted molar refractivity (Wildman–Crippen MR) is 268 cm³/mol. The number of hydrogen-bond acceptors (Lipinski definition) is 8.